The smallest absolute Gasteiger partial charge is 0.410 e. The van der Waals surface area contributed by atoms with E-state index in [2.05, 4.69) is 5.32 Å². The number of rotatable bonds is 3. The first-order chi connectivity index (χ1) is 14.2. The van der Waals surface area contributed by atoms with Gasteiger partial charge in [-0.05, 0) is 45.7 Å². The summed E-state index contributed by atoms with van der Waals surface area (Å²) in [5.41, 5.74) is 0.775. The number of benzene rings is 1. The number of nitrogens with zero attached hydrogens (tertiary/aromatic N) is 1. The van der Waals surface area contributed by atoms with Gasteiger partial charge in [0.15, 0.2) is 11.5 Å². The summed E-state index contributed by atoms with van der Waals surface area (Å²) in [5.74, 6) is 0.684. The third kappa shape index (κ3) is 5.36. The van der Waals surface area contributed by atoms with Crippen molar-refractivity contribution in [3.8, 4) is 11.5 Å². The lowest BCUT2D eigenvalue weighted by atomic mass is 9.94. The number of piperidine rings is 1. The van der Waals surface area contributed by atoms with E-state index in [1.807, 2.05) is 33.8 Å². The van der Waals surface area contributed by atoms with Gasteiger partial charge in [-0.2, -0.15) is 0 Å². The third-order valence-electron chi connectivity index (χ3n) is 5.23. The fourth-order valence-corrected chi connectivity index (χ4v) is 3.60. The average Bonchev–Trinajstić information content (AvgIpc) is 2.92. The van der Waals surface area contributed by atoms with Crippen molar-refractivity contribution in [3.63, 3.8) is 0 Å². The molecule has 1 aromatic rings. The third-order valence-corrected chi connectivity index (χ3v) is 5.23. The summed E-state index contributed by atoms with van der Waals surface area (Å²) in [6.45, 7) is 9.38. The molecule has 30 heavy (non-hydrogen) atoms. The van der Waals surface area contributed by atoms with Crippen LogP contribution in [0.2, 0.25) is 0 Å². The van der Waals surface area contributed by atoms with Crippen LogP contribution in [0.4, 0.5) is 4.79 Å². The van der Waals surface area contributed by atoms with Crippen molar-refractivity contribution in [2.24, 2.45) is 5.92 Å². The highest BCUT2D eigenvalue weighted by molar-refractivity contribution is 5.98. The van der Waals surface area contributed by atoms with Gasteiger partial charge in [-0.3, -0.25) is 4.79 Å². The molecule has 0 aromatic heterocycles. The van der Waals surface area contributed by atoms with Gasteiger partial charge in [0, 0.05) is 25.4 Å². The van der Waals surface area contributed by atoms with E-state index in [0.717, 1.165) is 12.0 Å². The summed E-state index contributed by atoms with van der Waals surface area (Å²) < 4.78 is 16.9. The normalized spacial score (nSPS) is 21.6. The summed E-state index contributed by atoms with van der Waals surface area (Å²) >= 11 is 0. The van der Waals surface area contributed by atoms with Gasteiger partial charge in [-0.25, -0.2) is 4.79 Å². The highest BCUT2D eigenvalue weighted by Crippen LogP contribution is 2.36. The minimum atomic E-state index is -0.735. The van der Waals surface area contributed by atoms with E-state index in [9.17, 15) is 14.7 Å². The van der Waals surface area contributed by atoms with Gasteiger partial charge in [-0.1, -0.05) is 6.07 Å². The summed E-state index contributed by atoms with van der Waals surface area (Å²) in [4.78, 5) is 26.5. The van der Waals surface area contributed by atoms with Crippen LogP contribution in [0.1, 0.15) is 49.5 Å². The zero-order valence-electron chi connectivity index (χ0n) is 18.2. The number of ether oxygens (including phenoxy) is 3. The van der Waals surface area contributed by atoms with Crippen molar-refractivity contribution >= 4 is 12.0 Å². The van der Waals surface area contributed by atoms with Crippen LogP contribution in [-0.2, 0) is 4.74 Å². The second-order valence-electron chi connectivity index (χ2n) is 8.89. The van der Waals surface area contributed by atoms with Crippen LogP contribution < -0.4 is 14.8 Å². The molecule has 2 aliphatic heterocycles. The Balaban J connectivity index is 1.58. The molecule has 2 amide bonds. The highest BCUT2D eigenvalue weighted by Gasteiger charge is 2.33. The number of aryl methyl sites for hydroxylation is 1. The summed E-state index contributed by atoms with van der Waals surface area (Å²) in [5, 5.41) is 13.4. The van der Waals surface area contributed by atoms with Crippen LogP contribution in [0.3, 0.4) is 0 Å². The number of amides is 2. The van der Waals surface area contributed by atoms with Crippen LogP contribution in [0, 0.1) is 12.8 Å². The van der Waals surface area contributed by atoms with Gasteiger partial charge in [-0.15, -0.1) is 0 Å². The zero-order chi connectivity index (χ0) is 21.9. The first-order valence-electron chi connectivity index (χ1n) is 10.5. The number of β-amino-alcohol motifs (C(OH)–C–C–N with tert-alkyl or cyclic N) is 1. The standard InChI is InChI=1S/C22H32N2O6/c1-14-6-7-16(19-18(14)28-10-5-11-29-19)20(26)23-12-15-8-9-24(13-17(15)25)21(27)30-22(2,3)4/h6-7,15,17,25H,5,8-13H2,1-4H3,(H,23,26)/t15-,17+/m0/s1. The summed E-state index contributed by atoms with van der Waals surface area (Å²) in [7, 11) is 0. The quantitative estimate of drug-likeness (QED) is 0.780. The number of aliphatic hydroxyl groups is 1. The first kappa shape index (κ1) is 22.2. The highest BCUT2D eigenvalue weighted by atomic mass is 16.6. The molecule has 8 heteroatoms. The van der Waals surface area contributed by atoms with E-state index in [4.69, 9.17) is 14.2 Å². The maximum absolute atomic E-state index is 12.8. The van der Waals surface area contributed by atoms with Crippen molar-refractivity contribution in [1.29, 1.82) is 0 Å². The Bertz CT molecular complexity index is 789. The van der Waals surface area contributed by atoms with Crippen molar-refractivity contribution < 1.29 is 28.9 Å². The van der Waals surface area contributed by atoms with E-state index >= 15 is 0 Å². The molecule has 1 fully saturated rings. The minimum Gasteiger partial charge on any atom is -0.489 e. The Hall–Kier alpha value is -2.48. The van der Waals surface area contributed by atoms with Crippen molar-refractivity contribution in [2.45, 2.75) is 52.2 Å². The number of likely N-dealkylation sites (tertiary alicyclic amines) is 1. The van der Waals surface area contributed by atoms with Crippen molar-refractivity contribution in [2.75, 3.05) is 32.8 Å². The Morgan fingerprint density at radius 1 is 1.23 bits per heavy atom. The predicted molar refractivity (Wildman–Crippen MR) is 111 cm³/mol. The molecule has 166 valence electrons. The van der Waals surface area contributed by atoms with E-state index in [0.29, 0.717) is 49.8 Å². The Labute approximate surface area is 177 Å². The van der Waals surface area contributed by atoms with E-state index in [1.54, 1.807) is 6.07 Å². The van der Waals surface area contributed by atoms with Gasteiger partial charge in [0.2, 0.25) is 0 Å². The Kier molecular flexibility index (Phi) is 6.75. The topological polar surface area (TPSA) is 97.3 Å². The molecule has 0 saturated carbocycles. The average molecular weight is 421 g/mol. The summed E-state index contributed by atoms with van der Waals surface area (Å²) in [6.07, 6.45) is 0.175. The maximum atomic E-state index is 12.8. The number of hydrogen-bond donors (Lipinski definition) is 2. The van der Waals surface area contributed by atoms with Crippen LogP contribution in [0.15, 0.2) is 12.1 Å². The van der Waals surface area contributed by atoms with E-state index < -0.39 is 17.8 Å². The second-order valence-corrected chi connectivity index (χ2v) is 8.89. The molecule has 0 radical (unpaired) electrons. The fourth-order valence-electron chi connectivity index (χ4n) is 3.60. The van der Waals surface area contributed by atoms with Gasteiger partial charge in [0.05, 0.1) is 31.4 Å². The monoisotopic (exact) mass is 420 g/mol. The molecule has 8 nitrogen and oxygen atoms in total. The minimum absolute atomic E-state index is 0.145. The lowest BCUT2D eigenvalue weighted by Crippen LogP contribution is -2.50. The fraction of sp³-hybridized carbons (Fsp3) is 0.636. The molecule has 0 aliphatic carbocycles. The van der Waals surface area contributed by atoms with Gasteiger partial charge in [0.1, 0.15) is 5.60 Å². The van der Waals surface area contributed by atoms with E-state index in [-0.39, 0.29) is 18.4 Å². The number of hydrogen-bond acceptors (Lipinski definition) is 6. The SMILES string of the molecule is Cc1ccc(C(=O)NC[C@@H]2CCN(C(=O)OC(C)(C)C)C[C@H]2O)c2c1OCCCO2. The first-order valence-corrected chi connectivity index (χ1v) is 10.5. The molecule has 0 unspecified atom stereocenters. The lowest BCUT2D eigenvalue weighted by Gasteiger charge is -2.36. The maximum Gasteiger partial charge on any atom is 0.410 e. The molecule has 2 heterocycles. The van der Waals surface area contributed by atoms with Gasteiger partial charge < -0.3 is 29.5 Å². The summed E-state index contributed by atoms with van der Waals surface area (Å²) in [6, 6.07) is 3.58. The molecule has 1 saturated heterocycles. The largest absolute Gasteiger partial charge is 0.489 e. The molecule has 1 aromatic carbocycles. The van der Waals surface area contributed by atoms with E-state index in [1.165, 1.54) is 4.90 Å². The predicted octanol–water partition coefficient (Wildman–Crippen LogP) is 2.50. The molecule has 2 N–H and O–H groups in total. The van der Waals surface area contributed by atoms with Gasteiger partial charge >= 0.3 is 6.09 Å². The number of fused-ring (bicyclic) bond motifs is 1. The van der Waals surface area contributed by atoms with Crippen LogP contribution in [0.5, 0.6) is 11.5 Å². The molecular formula is C22H32N2O6. The molecule has 2 atom stereocenters. The number of aliphatic hydroxyl groups excluding tert-OH is 1. The van der Waals surface area contributed by atoms with Crippen molar-refractivity contribution in [1.82, 2.24) is 10.2 Å². The zero-order valence-corrected chi connectivity index (χ0v) is 18.2. The Morgan fingerprint density at radius 3 is 2.60 bits per heavy atom. The molecule has 2 aliphatic rings. The second kappa shape index (κ2) is 9.12. The number of carbonyl (C=O) groups is 2. The molecular weight excluding hydrogens is 388 g/mol. The number of carbonyl (C=O) groups excluding carboxylic acids is 2. The van der Waals surface area contributed by atoms with Crippen molar-refractivity contribution in [3.05, 3.63) is 23.3 Å². The van der Waals surface area contributed by atoms with Gasteiger partial charge in [0.25, 0.3) is 5.91 Å². The molecule has 0 bridgehead atoms. The van der Waals surface area contributed by atoms with Crippen LogP contribution in [-0.4, -0.2) is 66.6 Å². The van der Waals surface area contributed by atoms with Crippen LogP contribution >= 0.6 is 0 Å². The lowest BCUT2D eigenvalue weighted by molar-refractivity contribution is -0.0122. The Morgan fingerprint density at radius 2 is 1.93 bits per heavy atom. The number of nitrogens with one attached hydrogen (secondary N) is 1. The molecule has 0 spiro atoms. The van der Waals surface area contributed by atoms with Crippen LogP contribution in [0.25, 0.3) is 0 Å². The molecule has 3 rings (SSSR count).